The van der Waals surface area contributed by atoms with Crippen molar-refractivity contribution in [3.63, 3.8) is 0 Å². The fourth-order valence-electron chi connectivity index (χ4n) is 0.505. The van der Waals surface area contributed by atoms with Crippen molar-refractivity contribution in [2.75, 3.05) is 6.54 Å². The van der Waals surface area contributed by atoms with Crippen LogP contribution in [0.2, 0.25) is 0 Å². The van der Waals surface area contributed by atoms with Gasteiger partial charge in [0.1, 0.15) is 0 Å². The van der Waals surface area contributed by atoms with E-state index in [2.05, 4.69) is 0 Å². The van der Waals surface area contributed by atoms with Crippen molar-refractivity contribution in [2.24, 2.45) is 0 Å². The third-order valence-corrected chi connectivity index (χ3v) is 2.10. The van der Waals surface area contributed by atoms with E-state index >= 15 is 0 Å². The molecule has 0 saturated carbocycles. The zero-order valence-electron chi connectivity index (χ0n) is 6.88. The van der Waals surface area contributed by atoms with E-state index in [4.69, 9.17) is 15.0 Å². The van der Waals surface area contributed by atoms with Crippen LogP contribution in [0, 0.1) is 0 Å². The Labute approximate surface area is 131 Å². The van der Waals surface area contributed by atoms with E-state index in [1.54, 1.807) is 0 Å². The Bertz CT molecular complexity index is 266. The third kappa shape index (κ3) is 10.1. The van der Waals surface area contributed by atoms with Crippen LogP contribution in [0.15, 0.2) is 0 Å². The predicted molar refractivity (Wildman–Crippen MR) is 55.1 cm³/mol. The molecule has 0 heterocycles. The maximum absolute atomic E-state index is 10.6. The molecule has 7 nitrogen and oxygen atoms in total. The van der Waals surface area contributed by atoms with E-state index in [9.17, 15) is 14.2 Å². The van der Waals surface area contributed by atoms with Gasteiger partial charge in [0.15, 0.2) is 0 Å². The molecule has 0 fully saturated rings. The first-order valence-electron chi connectivity index (χ1n) is 3.31. The van der Waals surface area contributed by atoms with Crippen LogP contribution in [-0.2, 0) is 14.2 Å². The Kier molecular flexibility index (Phi) is 13.3. The molecule has 0 aromatic rings. The topological polar surface area (TPSA) is 115 Å². The summed E-state index contributed by atoms with van der Waals surface area (Å²) in [5.74, 6) is -0.696. The van der Waals surface area contributed by atoms with Crippen molar-refractivity contribution in [1.82, 2.24) is 5.06 Å². The molecular formula is C5H12NNa2O6P. The summed E-state index contributed by atoms with van der Waals surface area (Å²) in [4.78, 5) is 37.6. The quantitative estimate of drug-likeness (QED) is 0.233. The van der Waals surface area contributed by atoms with Crippen molar-refractivity contribution in [1.29, 1.82) is 0 Å². The Hall–Kier alpha value is 1.25. The normalized spacial score (nSPS) is 9.60. The monoisotopic (exact) mass is 259 g/mol. The zero-order valence-corrected chi connectivity index (χ0v) is 7.77. The molecule has 0 bridgehead atoms. The SMILES string of the molecule is CC(=O)N(O)CCC(=O)P(=O)(O)O.[NaH].[NaH]. The van der Waals surface area contributed by atoms with Crippen molar-refractivity contribution >= 4 is 78.1 Å². The minimum absolute atomic E-state index is 0. The van der Waals surface area contributed by atoms with Gasteiger partial charge in [-0.1, -0.05) is 0 Å². The van der Waals surface area contributed by atoms with Crippen molar-refractivity contribution in [3.8, 4) is 0 Å². The zero-order chi connectivity index (χ0) is 10.6. The first kappa shape index (κ1) is 21.5. The van der Waals surface area contributed by atoms with Gasteiger partial charge in [0.2, 0.25) is 11.4 Å². The molecule has 0 aliphatic heterocycles. The predicted octanol–water partition coefficient (Wildman–Crippen LogP) is -1.98. The molecule has 0 aromatic heterocycles. The van der Waals surface area contributed by atoms with Gasteiger partial charge in [0, 0.05) is 13.3 Å². The number of carbonyl (C=O) groups excluding carboxylic acids is 2. The average Bonchev–Trinajstić information content (AvgIpc) is 1.97. The second-order valence-corrected chi connectivity index (χ2v) is 3.92. The first-order valence-corrected chi connectivity index (χ1v) is 4.92. The van der Waals surface area contributed by atoms with Gasteiger partial charge in [-0.25, -0.2) is 5.06 Å². The molecule has 0 radical (unpaired) electrons. The van der Waals surface area contributed by atoms with Crippen LogP contribution < -0.4 is 0 Å². The Morgan fingerprint density at radius 1 is 1.27 bits per heavy atom. The number of nitrogens with zero attached hydrogens (tertiary/aromatic N) is 1. The number of rotatable bonds is 4. The van der Waals surface area contributed by atoms with Gasteiger partial charge in [-0.2, -0.15) is 0 Å². The summed E-state index contributed by atoms with van der Waals surface area (Å²) < 4.78 is 10.3. The van der Waals surface area contributed by atoms with E-state index in [0.29, 0.717) is 0 Å². The van der Waals surface area contributed by atoms with Crippen LogP contribution >= 0.6 is 7.60 Å². The second kappa shape index (κ2) is 9.30. The van der Waals surface area contributed by atoms with Gasteiger partial charge in [0.25, 0.3) is 0 Å². The number of hydrogen-bond acceptors (Lipinski definition) is 4. The third-order valence-electron chi connectivity index (χ3n) is 1.23. The number of hydroxylamine groups is 2. The number of carbonyl (C=O) groups is 2. The molecule has 15 heavy (non-hydrogen) atoms. The molecule has 0 atom stereocenters. The molecular weight excluding hydrogens is 247 g/mol. The fourth-order valence-corrected chi connectivity index (χ4v) is 0.896. The van der Waals surface area contributed by atoms with Gasteiger partial charge >= 0.3 is 66.7 Å². The minimum atomic E-state index is -4.73. The Morgan fingerprint density at radius 3 is 1.93 bits per heavy atom. The molecule has 0 unspecified atom stereocenters. The van der Waals surface area contributed by atoms with E-state index in [0.717, 1.165) is 6.92 Å². The second-order valence-electron chi connectivity index (χ2n) is 2.33. The van der Waals surface area contributed by atoms with Crippen LogP contribution in [0.25, 0.3) is 0 Å². The molecule has 0 aliphatic rings. The number of hydrogen-bond donors (Lipinski definition) is 3. The Balaban J connectivity index is -0.000000720. The molecule has 3 N–H and O–H groups in total. The van der Waals surface area contributed by atoms with Gasteiger partial charge in [-0.3, -0.25) is 19.4 Å². The summed E-state index contributed by atoms with van der Waals surface area (Å²) in [6.45, 7) is 0.640. The number of amides is 1. The van der Waals surface area contributed by atoms with Crippen molar-refractivity contribution < 1.29 is 29.1 Å². The van der Waals surface area contributed by atoms with Gasteiger partial charge < -0.3 is 9.79 Å². The van der Waals surface area contributed by atoms with E-state index < -0.39 is 32.0 Å². The molecule has 0 spiro atoms. The van der Waals surface area contributed by atoms with Crippen molar-refractivity contribution in [3.05, 3.63) is 0 Å². The molecule has 80 valence electrons. The van der Waals surface area contributed by atoms with E-state index in [1.165, 1.54) is 0 Å². The van der Waals surface area contributed by atoms with Gasteiger partial charge in [-0.05, 0) is 0 Å². The van der Waals surface area contributed by atoms with Gasteiger partial charge in [-0.15, -0.1) is 0 Å². The van der Waals surface area contributed by atoms with Gasteiger partial charge in [0.05, 0.1) is 6.54 Å². The van der Waals surface area contributed by atoms with E-state index in [-0.39, 0.29) is 64.2 Å². The van der Waals surface area contributed by atoms with Crippen LogP contribution in [0.3, 0.4) is 0 Å². The average molecular weight is 259 g/mol. The van der Waals surface area contributed by atoms with Crippen LogP contribution in [0.5, 0.6) is 0 Å². The molecule has 1 amide bonds. The van der Waals surface area contributed by atoms with Crippen LogP contribution in [0.4, 0.5) is 0 Å². The van der Waals surface area contributed by atoms with E-state index in [1.807, 2.05) is 0 Å². The molecule has 0 aromatic carbocycles. The molecule has 0 aliphatic carbocycles. The van der Waals surface area contributed by atoms with Crippen LogP contribution in [-0.4, -0.2) is 97.1 Å². The van der Waals surface area contributed by atoms with Crippen LogP contribution in [0.1, 0.15) is 13.3 Å². The summed E-state index contributed by atoms with van der Waals surface area (Å²) in [5, 5.41) is 8.94. The van der Waals surface area contributed by atoms with Crippen molar-refractivity contribution in [2.45, 2.75) is 13.3 Å². The summed E-state index contributed by atoms with van der Waals surface area (Å²) >= 11 is 0. The fraction of sp³-hybridized carbons (Fsp3) is 0.600. The first-order chi connectivity index (χ1) is 5.75. The maximum atomic E-state index is 10.6. The Morgan fingerprint density at radius 2 is 1.67 bits per heavy atom. The summed E-state index contributed by atoms with van der Waals surface area (Å²) in [5.41, 5.74) is -1.30. The standard InChI is InChI=1S/C5H10NO6P.2Na.2H/c1-4(7)6(9)3-2-5(8)13(10,11)12;;;;/h9H,2-3H2,1H3,(H2,10,11,12);;;;. The molecule has 0 rings (SSSR count). The molecule has 0 saturated heterocycles. The molecule has 10 heteroatoms. The summed E-state index contributed by atoms with van der Waals surface area (Å²) in [7, 11) is -4.73. The summed E-state index contributed by atoms with van der Waals surface area (Å²) in [6, 6.07) is 0. The summed E-state index contributed by atoms with van der Waals surface area (Å²) in [6.07, 6.45) is -0.569.